The summed E-state index contributed by atoms with van der Waals surface area (Å²) < 4.78 is 9.61. The summed E-state index contributed by atoms with van der Waals surface area (Å²) in [6.07, 6.45) is 3.50. The number of pyridine rings is 1. The molecule has 1 aliphatic carbocycles. The Kier molecular flexibility index (Phi) is 3.62. The lowest BCUT2D eigenvalue weighted by Gasteiger charge is -2.24. The lowest BCUT2D eigenvalue weighted by atomic mass is 9.86. The van der Waals surface area contributed by atoms with E-state index in [1.54, 1.807) is 13.3 Å². The van der Waals surface area contributed by atoms with E-state index < -0.39 is 12.1 Å². The maximum absolute atomic E-state index is 11.2. The van der Waals surface area contributed by atoms with E-state index >= 15 is 0 Å². The molecule has 1 unspecified atom stereocenters. The Bertz CT molecular complexity index is 496. The molecule has 0 aromatic carbocycles. The number of hydrogen-bond acceptors (Lipinski definition) is 5. The highest BCUT2D eigenvalue weighted by atomic mass is 16.5. The molecule has 1 heterocycles. The topological polar surface area (TPSA) is 68.7 Å². The molecule has 1 aliphatic rings. The molecule has 0 saturated carbocycles. The largest absolute Gasteiger partial charge is 0.481 e. The van der Waals surface area contributed by atoms with Crippen molar-refractivity contribution in [1.82, 2.24) is 4.98 Å². The second-order valence-electron chi connectivity index (χ2n) is 4.07. The van der Waals surface area contributed by atoms with Crippen LogP contribution in [0.3, 0.4) is 0 Å². The van der Waals surface area contributed by atoms with Crippen molar-refractivity contribution in [2.24, 2.45) is 0 Å². The summed E-state index contributed by atoms with van der Waals surface area (Å²) in [5, 5.41) is 10.2. The van der Waals surface area contributed by atoms with E-state index in [0.717, 1.165) is 17.5 Å². The van der Waals surface area contributed by atoms with Crippen LogP contribution >= 0.6 is 0 Å². The van der Waals surface area contributed by atoms with Crippen LogP contribution in [0.5, 0.6) is 5.88 Å². The van der Waals surface area contributed by atoms with Crippen molar-refractivity contribution in [2.45, 2.75) is 18.9 Å². The maximum atomic E-state index is 11.2. The zero-order valence-corrected chi connectivity index (χ0v) is 10.3. The second kappa shape index (κ2) is 5.18. The fourth-order valence-electron chi connectivity index (χ4n) is 2.04. The van der Waals surface area contributed by atoms with Gasteiger partial charge in [-0.05, 0) is 24.0 Å². The van der Waals surface area contributed by atoms with Crippen molar-refractivity contribution < 1.29 is 19.4 Å². The highest BCUT2D eigenvalue weighted by Gasteiger charge is 2.24. The van der Waals surface area contributed by atoms with Crippen LogP contribution in [-0.4, -0.2) is 30.3 Å². The number of ether oxygens (including phenoxy) is 2. The van der Waals surface area contributed by atoms with Gasteiger partial charge in [0.2, 0.25) is 5.88 Å². The Hall–Kier alpha value is -1.88. The Morgan fingerprint density at radius 2 is 2.28 bits per heavy atom. The van der Waals surface area contributed by atoms with Crippen molar-refractivity contribution in [3.63, 3.8) is 0 Å². The predicted octanol–water partition coefficient (Wildman–Crippen LogP) is 1.17. The van der Waals surface area contributed by atoms with Crippen LogP contribution in [0, 0.1) is 0 Å². The number of carbonyl (C=O) groups is 1. The lowest BCUT2D eigenvalue weighted by Crippen LogP contribution is -2.14. The first-order valence-electron chi connectivity index (χ1n) is 5.65. The minimum absolute atomic E-state index is 0.450. The third-order valence-corrected chi connectivity index (χ3v) is 3.04. The van der Waals surface area contributed by atoms with Gasteiger partial charge in [-0.25, -0.2) is 9.78 Å². The van der Waals surface area contributed by atoms with Gasteiger partial charge >= 0.3 is 5.97 Å². The second-order valence-corrected chi connectivity index (χ2v) is 4.07. The summed E-state index contributed by atoms with van der Waals surface area (Å²) >= 11 is 0. The zero-order valence-electron chi connectivity index (χ0n) is 10.3. The van der Waals surface area contributed by atoms with Crippen LogP contribution in [-0.2, 0) is 16.0 Å². The van der Waals surface area contributed by atoms with Crippen LogP contribution in [0.15, 0.2) is 23.9 Å². The van der Waals surface area contributed by atoms with Gasteiger partial charge in [0.05, 0.1) is 14.2 Å². The number of methoxy groups -OCH3 is 2. The first-order valence-corrected chi connectivity index (χ1v) is 5.65. The van der Waals surface area contributed by atoms with Gasteiger partial charge in [0.25, 0.3) is 0 Å². The Morgan fingerprint density at radius 1 is 1.50 bits per heavy atom. The molecular formula is C13H15NO4. The van der Waals surface area contributed by atoms with Gasteiger partial charge < -0.3 is 14.6 Å². The number of aliphatic hydroxyl groups is 1. The van der Waals surface area contributed by atoms with Crippen LogP contribution in [0.25, 0.3) is 0 Å². The minimum atomic E-state index is -0.800. The van der Waals surface area contributed by atoms with E-state index in [0.29, 0.717) is 17.9 Å². The van der Waals surface area contributed by atoms with Gasteiger partial charge in [-0.3, -0.25) is 0 Å². The molecule has 5 heteroatoms. The molecule has 0 fully saturated rings. The summed E-state index contributed by atoms with van der Waals surface area (Å²) in [5.74, 6) is 0.0790. The van der Waals surface area contributed by atoms with Gasteiger partial charge in [-0.2, -0.15) is 0 Å². The molecular weight excluding hydrogens is 234 g/mol. The first kappa shape index (κ1) is 12.6. The van der Waals surface area contributed by atoms with Crippen LogP contribution in [0.1, 0.15) is 23.7 Å². The predicted molar refractivity (Wildman–Crippen MR) is 64.2 cm³/mol. The number of nitrogens with zero attached hydrogens (tertiary/aromatic N) is 1. The summed E-state index contributed by atoms with van der Waals surface area (Å²) in [5.41, 5.74) is 2.37. The van der Waals surface area contributed by atoms with E-state index in [9.17, 15) is 9.90 Å². The minimum Gasteiger partial charge on any atom is -0.481 e. The van der Waals surface area contributed by atoms with Crippen molar-refractivity contribution in [3.8, 4) is 5.88 Å². The zero-order chi connectivity index (χ0) is 13.1. The molecule has 1 aromatic heterocycles. The Morgan fingerprint density at radius 3 is 2.94 bits per heavy atom. The van der Waals surface area contributed by atoms with Gasteiger partial charge in [-0.15, -0.1) is 0 Å². The average molecular weight is 249 g/mol. The van der Waals surface area contributed by atoms with E-state index in [1.165, 1.54) is 13.2 Å². The van der Waals surface area contributed by atoms with Gasteiger partial charge in [0.1, 0.15) is 6.10 Å². The SMILES string of the molecule is COC(=O)/C=C1\CCc2cc(OC)ncc2C1O. The molecule has 0 bridgehead atoms. The number of fused-ring (bicyclic) bond motifs is 1. The lowest BCUT2D eigenvalue weighted by molar-refractivity contribution is -0.135. The number of hydrogen-bond donors (Lipinski definition) is 1. The van der Waals surface area contributed by atoms with Crippen molar-refractivity contribution in [1.29, 1.82) is 0 Å². The average Bonchev–Trinajstić information content (AvgIpc) is 2.41. The van der Waals surface area contributed by atoms with Crippen LogP contribution < -0.4 is 4.74 Å². The first-order chi connectivity index (χ1) is 8.65. The van der Waals surface area contributed by atoms with Gasteiger partial charge in [0, 0.05) is 23.9 Å². The standard InChI is InChI=1S/C13H15NO4/c1-17-11-5-8-3-4-9(6-12(15)18-2)13(16)10(8)7-14-11/h5-7,13,16H,3-4H2,1-2H3/b9-6+. The number of carbonyl (C=O) groups excluding carboxylic acids is 1. The van der Waals surface area contributed by atoms with E-state index in [4.69, 9.17) is 4.74 Å². The monoisotopic (exact) mass is 249 g/mol. The molecule has 0 radical (unpaired) electrons. The molecule has 0 aliphatic heterocycles. The normalized spacial score (nSPS) is 20.4. The number of aromatic nitrogens is 1. The molecule has 0 amide bonds. The molecule has 0 saturated heterocycles. The molecule has 1 atom stereocenters. The van der Waals surface area contributed by atoms with Crippen molar-refractivity contribution in [2.75, 3.05) is 14.2 Å². The Balaban J connectivity index is 2.31. The van der Waals surface area contributed by atoms with Gasteiger partial charge in [-0.1, -0.05) is 0 Å². The van der Waals surface area contributed by atoms with E-state index in [2.05, 4.69) is 9.72 Å². The number of aryl methyl sites for hydroxylation is 1. The third-order valence-electron chi connectivity index (χ3n) is 3.04. The smallest absolute Gasteiger partial charge is 0.330 e. The summed E-state index contributed by atoms with van der Waals surface area (Å²) in [7, 11) is 2.87. The molecule has 18 heavy (non-hydrogen) atoms. The maximum Gasteiger partial charge on any atom is 0.330 e. The molecule has 1 aromatic rings. The molecule has 2 rings (SSSR count). The number of rotatable bonds is 2. The molecule has 1 N–H and O–H groups in total. The highest BCUT2D eigenvalue weighted by Crippen LogP contribution is 2.34. The summed E-state index contributed by atoms with van der Waals surface area (Å²) in [4.78, 5) is 15.3. The highest BCUT2D eigenvalue weighted by molar-refractivity contribution is 5.83. The van der Waals surface area contributed by atoms with Crippen molar-refractivity contribution in [3.05, 3.63) is 35.0 Å². The van der Waals surface area contributed by atoms with E-state index in [-0.39, 0.29) is 0 Å². The fourth-order valence-corrected chi connectivity index (χ4v) is 2.04. The van der Waals surface area contributed by atoms with Crippen molar-refractivity contribution >= 4 is 5.97 Å². The van der Waals surface area contributed by atoms with Crippen LogP contribution in [0.4, 0.5) is 0 Å². The van der Waals surface area contributed by atoms with Gasteiger partial charge in [0.15, 0.2) is 0 Å². The molecule has 0 spiro atoms. The quantitative estimate of drug-likeness (QED) is 0.629. The summed E-state index contributed by atoms with van der Waals surface area (Å²) in [6, 6.07) is 1.81. The molecule has 5 nitrogen and oxygen atoms in total. The number of esters is 1. The molecule has 96 valence electrons. The Labute approximate surface area is 105 Å². The fraction of sp³-hybridized carbons (Fsp3) is 0.385. The van der Waals surface area contributed by atoms with Crippen LogP contribution in [0.2, 0.25) is 0 Å². The third kappa shape index (κ3) is 2.36. The summed E-state index contributed by atoms with van der Waals surface area (Å²) in [6.45, 7) is 0. The van der Waals surface area contributed by atoms with E-state index in [1.807, 2.05) is 6.07 Å². The number of aliphatic hydroxyl groups excluding tert-OH is 1.